The Hall–Kier alpha value is -9.00. The number of ketones is 9. The number of thiazole rings is 1. The molecule has 0 fully saturated rings. The number of aromatic nitrogens is 10. The van der Waals surface area contributed by atoms with Crippen LogP contribution in [0.1, 0.15) is 88.5 Å². The summed E-state index contributed by atoms with van der Waals surface area (Å²) in [6.07, 6.45) is 4.65. The van der Waals surface area contributed by atoms with Crippen LogP contribution in [0.25, 0.3) is 44.5 Å². The number of nitrogens with one attached hydrogen (secondary N) is 4. The van der Waals surface area contributed by atoms with Crippen LogP contribution in [0.4, 0.5) is 4.39 Å². The van der Waals surface area contributed by atoms with Crippen molar-refractivity contribution in [3.63, 3.8) is 0 Å². The second-order valence-electron chi connectivity index (χ2n) is 29.4. The number of carbonyl (C=O) groups excluding carboxylic acids is 10. The van der Waals surface area contributed by atoms with Gasteiger partial charge in [0.15, 0.2) is 4.77 Å². The fraction of sp³-hybridized carbons (Fsp3) is 0.281. The molecule has 0 aliphatic carbocycles. The Kier molecular flexibility index (Phi) is 53.5. The molecule has 0 atom stereocenters. The van der Waals surface area contributed by atoms with E-state index in [0.717, 1.165) is 114 Å². The lowest BCUT2D eigenvalue weighted by Crippen LogP contribution is -2.18. The molecule has 4 N–H and O–H groups in total. The molecule has 0 radical (unpaired) electrons. The molecule has 6 heterocycles. The molecule has 0 aliphatic heterocycles. The number of aryl methyl sites for hydroxylation is 5. The number of carbonyl (C=O) groups is 10. The number of methoxy groups -OCH3 is 3. The second kappa shape index (κ2) is 62.0. The monoisotopic (exact) mass is 2180 g/mol. The van der Waals surface area contributed by atoms with Crippen LogP contribution in [-0.2, 0) is 113 Å². The molecule has 13 rings (SSSR count). The zero-order valence-corrected chi connectivity index (χ0v) is 88.8. The molecule has 0 saturated carbocycles. The van der Waals surface area contributed by atoms with E-state index in [4.69, 9.17) is 33.3 Å². The summed E-state index contributed by atoms with van der Waals surface area (Å²) in [5.41, 5.74) is 17.2. The number of hydrogen-bond donors (Lipinski definition) is 13. The van der Waals surface area contributed by atoms with E-state index < -0.39 is 5.97 Å². The summed E-state index contributed by atoms with van der Waals surface area (Å²) in [5.74, 6) is 3.86. The van der Waals surface area contributed by atoms with E-state index in [0.29, 0.717) is 88.6 Å². The highest BCUT2D eigenvalue weighted by Crippen LogP contribution is 2.28. The number of imidazole rings is 1. The fourth-order valence-corrected chi connectivity index (χ4v) is 14.7. The maximum Gasteiger partial charge on any atom is 0.338 e. The Morgan fingerprint density at radius 1 is 0.511 bits per heavy atom. The largest absolute Gasteiger partial charge is 0.497 e. The Morgan fingerprint density at radius 3 is 1.61 bits per heavy atom. The quantitative estimate of drug-likeness (QED) is 0.0106. The Morgan fingerprint density at radius 2 is 1.04 bits per heavy atom. The highest BCUT2D eigenvalue weighted by atomic mass is 79.9. The van der Waals surface area contributed by atoms with E-state index in [1.807, 2.05) is 123 Å². The van der Waals surface area contributed by atoms with E-state index in [9.17, 15) is 57.1 Å². The normalized spacial score (nSPS) is 10.3. The van der Waals surface area contributed by atoms with Crippen LogP contribution >= 0.6 is 181 Å². The summed E-state index contributed by atoms with van der Waals surface area (Å²) >= 11 is 54.1. The minimum absolute atomic E-state index is 0.0189. The number of hydrogen-bond acceptors (Lipinski definition) is 30. The van der Waals surface area contributed by atoms with Gasteiger partial charge >= 0.3 is 5.97 Å². The molecule has 0 aliphatic rings. The lowest BCUT2D eigenvalue weighted by Gasteiger charge is -2.07. The smallest absolute Gasteiger partial charge is 0.338 e. The van der Waals surface area contributed by atoms with Gasteiger partial charge < -0.3 is 29.2 Å². The van der Waals surface area contributed by atoms with E-state index in [2.05, 4.69) is 227 Å². The van der Waals surface area contributed by atoms with Crippen LogP contribution in [0.5, 0.6) is 11.5 Å². The number of fused-ring (bicyclic) bond motifs is 2. The number of pyridine rings is 1. The van der Waals surface area contributed by atoms with Gasteiger partial charge in [0.05, 0.1) is 73.4 Å². The Labute approximate surface area is 863 Å². The first-order valence-electron chi connectivity index (χ1n) is 40.9. The van der Waals surface area contributed by atoms with Gasteiger partial charge in [-0.3, -0.25) is 62.7 Å². The van der Waals surface area contributed by atoms with E-state index in [-0.39, 0.29) is 123 Å². The molecule has 0 bridgehead atoms. The molecule has 0 saturated heterocycles. The van der Waals surface area contributed by atoms with E-state index in [1.165, 1.54) is 36.1 Å². The number of aromatic amines is 4. The van der Waals surface area contributed by atoms with Crippen LogP contribution < -0.4 is 15.0 Å². The van der Waals surface area contributed by atoms with Gasteiger partial charge in [0.1, 0.15) is 80.2 Å². The topological polar surface area (TPSA) is 348 Å². The molecule has 0 spiro atoms. The van der Waals surface area contributed by atoms with Gasteiger partial charge in [-0.05, 0) is 183 Å². The molecule has 24 nitrogen and oxygen atoms in total. The molecule has 0 unspecified atom stereocenters. The summed E-state index contributed by atoms with van der Waals surface area (Å²) in [5, 5.41) is 15.8. The lowest BCUT2D eigenvalue weighted by molar-refractivity contribution is -0.116. The molecule has 6 aromatic heterocycles. The number of rotatable bonds is 32. The van der Waals surface area contributed by atoms with Gasteiger partial charge in [-0.15, -0.1) is 11.3 Å². The third-order valence-electron chi connectivity index (χ3n) is 18.8. The predicted molar refractivity (Wildman–Crippen MR) is 576 cm³/mol. The third-order valence-corrected chi connectivity index (χ3v) is 24.7. The van der Waals surface area contributed by atoms with Gasteiger partial charge in [0, 0.05) is 168 Å². The fourth-order valence-electron chi connectivity index (χ4n) is 11.8. The number of ether oxygens (including phenoxy) is 3. The number of benzene rings is 7. The summed E-state index contributed by atoms with van der Waals surface area (Å²) in [4.78, 5) is 145. The maximum absolute atomic E-state index is 12.8. The van der Waals surface area contributed by atoms with Gasteiger partial charge in [0.25, 0.3) is 5.56 Å². The van der Waals surface area contributed by atoms with Crippen LogP contribution in [0.15, 0.2) is 183 Å². The number of thiol groups is 9. The van der Waals surface area contributed by atoms with Gasteiger partial charge in [0.2, 0.25) is 0 Å². The average molecular weight is 2190 g/mol. The highest BCUT2D eigenvalue weighted by molar-refractivity contribution is 9.10. The molecule has 13 aromatic rings. The average Bonchev–Trinajstić information content (AvgIpc) is 1.61. The Bertz CT molecular complexity index is 6310. The van der Waals surface area contributed by atoms with Crippen LogP contribution in [0, 0.1) is 45.2 Å². The number of halogens is 4. The van der Waals surface area contributed by atoms with E-state index in [1.54, 1.807) is 63.2 Å². The molecule has 0 amide bonds. The third kappa shape index (κ3) is 42.1. The zero-order valence-electron chi connectivity index (χ0n) is 75.1. The molecular weight excluding hydrogens is 2080 g/mol. The summed E-state index contributed by atoms with van der Waals surface area (Å²) < 4.78 is 31.6. The lowest BCUT2D eigenvalue weighted by atomic mass is 10.0. The van der Waals surface area contributed by atoms with Crippen molar-refractivity contribution in [2.24, 2.45) is 7.05 Å². The number of Topliss-reactive ketones (excluding diaryl/α,β-unsaturated/α-hetero) is 9. The first kappa shape index (κ1) is 116. The van der Waals surface area contributed by atoms with Crippen LogP contribution in [-0.4, -0.2) is 181 Å². The van der Waals surface area contributed by atoms with Crippen LogP contribution in [0.3, 0.4) is 0 Å². The summed E-state index contributed by atoms with van der Waals surface area (Å²) in [6.45, 7) is 9.35. The first-order chi connectivity index (χ1) is 64.3. The minimum atomic E-state index is -0.441. The summed E-state index contributed by atoms with van der Waals surface area (Å²) in [6, 6.07) is 48.1. The van der Waals surface area contributed by atoms with Gasteiger partial charge in [-0.1, -0.05) is 104 Å². The van der Waals surface area contributed by atoms with Crippen molar-refractivity contribution in [2.75, 3.05) is 73.1 Å². The van der Waals surface area contributed by atoms with E-state index >= 15 is 0 Å². The molecule has 716 valence electrons. The van der Waals surface area contributed by atoms with Gasteiger partial charge in [-0.25, -0.2) is 19.2 Å². The standard InChI is InChI=1S/C13H14N2O2S.C13H13NO2S.C13H13NOS2.C11H11BrO3S.C10H11ClOS.C10H10N2OS2.C9H8BrFOS.C9H12N2O2S.C8H12N2OS/c1-17-12-4-2-9(3-5-12)13-7-10(14-15-13)6-11(16)8-18;1-16-12-6-9-3-2-4-14-13(9)10(7-12)5-11(15)8-17;1-9-2-4-10(5-3-9)12-8-17-13(14-12)6-11(15)7-16;1-15-11(14)10-5-8(12)3-2-7(10)4-9(13)6-16;1-7-4-8(2-3-10(7)11)5-9(12)6-13;13-7(5-14)3-6-1-2-8-9(4-6)12-10(15)11-8;10-9-2-1-7(11)3-6(9)4-8(12)5-13;1-5-6(2)10-8(11-9(5)13)3-7(12)4-14;1-6-3-7(10(2)9-6)4-8(11)5-12/h2-5,7,18H,6,8H2,1H3,(H,14,15);2-4,6-7,17H,5,8H2,1H3;2-5,8,16H,6-7H2,1H3;2-3,5,16H,4,6H2,1H3;2-4,13H,5-6H2,1H3;1-2,4,14H,3,5H2,(H2,11,12,15);1-3,13H,4-5H2;14H,3-4H2,1-2H3,(H,10,11,13);3,12H,4-5H2,1-2H3. The first-order valence-corrected chi connectivity index (χ1v) is 49.9. The van der Waals surface area contributed by atoms with Crippen molar-refractivity contribution in [3.8, 4) is 34.0 Å². The molecule has 7 aromatic carbocycles. The predicted octanol–water partition coefficient (Wildman–Crippen LogP) is 18.6. The highest BCUT2D eigenvalue weighted by Gasteiger charge is 2.18. The maximum atomic E-state index is 12.8. The molecule has 135 heavy (non-hydrogen) atoms. The van der Waals surface area contributed by atoms with Crippen molar-refractivity contribution in [1.82, 2.24) is 49.9 Å². The second-order valence-corrected chi connectivity index (χ2v) is 35.8. The zero-order chi connectivity index (χ0) is 100.0. The summed E-state index contributed by atoms with van der Waals surface area (Å²) in [7, 11) is 6.40. The van der Waals surface area contributed by atoms with Gasteiger partial charge in [-0.2, -0.15) is 124 Å². The number of nitrogens with zero attached hydrogens (tertiary/aromatic N) is 6. The van der Waals surface area contributed by atoms with Crippen molar-refractivity contribution in [3.05, 3.63) is 288 Å². The van der Waals surface area contributed by atoms with Crippen molar-refractivity contribution in [1.29, 1.82) is 0 Å². The molecular formula is C96H104Br2ClFN10O14S11. The van der Waals surface area contributed by atoms with Crippen molar-refractivity contribution in [2.45, 2.75) is 92.4 Å². The Balaban J connectivity index is 0.000000269. The minimum Gasteiger partial charge on any atom is -0.497 e. The number of esters is 1. The van der Waals surface area contributed by atoms with Crippen molar-refractivity contribution >= 4 is 261 Å². The number of H-pyrrole nitrogens is 4. The molecule has 39 heteroatoms. The SMILES string of the molecule is COC(=O)c1cc(Br)ccc1CC(=O)CS.COc1cc(CC(=O)CS)c2ncccc2c1.COc1ccc(-c2cc(CC(=O)CS)[nH]n2)cc1.Cc1cc(CC(=O)CS)ccc1Cl.Cc1cc(CC(=O)CS)n(C)n1.Cc1ccc(-c2csc(CC(=O)CS)n2)cc1.Cc1nc(CC(=O)CS)[nH]c(=O)c1C.O=C(CS)Cc1cc(F)ccc1Br.O=C(CS)Cc1ccc2[nH]c(=S)[nH]c2c1. The van der Waals surface area contributed by atoms with Crippen molar-refractivity contribution < 1.29 is 66.5 Å². The van der Waals surface area contributed by atoms with Crippen LogP contribution in [0.2, 0.25) is 5.02 Å².